The molecule has 1 fully saturated rings. The number of aliphatic hydroxyl groups excluding tert-OH is 1. The molecule has 0 spiro atoms. The second kappa shape index (κ2) is 5.65. The average molecular weight is 375 g/mol. The number of benzene rings is 1. The molecule has 4 nitrogen and oxygen atoms in total. The Kier molecular flexibility index (Phi) is 3.70. The molecule has 3 atom stereocenters. The van der Waals surface area contributed by atoms with Crippen molar-refractivity contribution in [1.82, 2.24) is 10.3 Å². The van der Waals surface area contributed by atoms with E-state index in [1.54, 1.807) is 0 Å². The van der Waals surface area contributed by atoms with Crippen LogP contribution in [0.3, 0.4) is 0 Å². The van der Waals surface area contributed by atoms with Gasteiger partial charge in [-0.25, -0.2) is 0 Å². The minimum atomic E-state index is -4.44. The topological polar surface area (TPSA) is 71.2 Å². The maximum absolute atomic E-state index is 12.7. The molecule has 4 rings (SSSR count). The van der Waals surface area contributed by atoms with Crippen molar-refractivity contribution in [1.29, 1.82) is 0 Å². The molecule has 1 aromatic heterocycles. The Bertz CT molecular complexity index is 936. The Morgan fingerprint density at radius 2 is 2.00 bits per heavy atom. The van der Waals surface area contributed by atoms with Gasteiger partial charge in [0.2, 0.25) is 0 Å². The summed E-state index contributed by atoms with van der Waals surface area (Å²) in [6.07, 6.45) is -2.40. The van der Waals surface area contributed by atoms with Gasteiger partial charge >= 0.3 is 6.18 Å². The van der Waals surface area contributed by atoms with Gasteiger partial charge in [-0.3, -0.25) is 4.98 Å². The van der Waals surface area contributed by atoms with E-state index in [0.29, 0.717) is 5.69 Å². The molecule has 4 N–H and O–H groups in total. The fraction of sp³-hybridized carbons (Fsp3) is 0.350. The predicted octanol–water partition coefficient (Wildman–Crippen LogP) is 4.38. The van der Waals surface area contributed by atoms with Crippen LogP contribution in [0.2, 0.25) is 0 Å². The number of pyridine rings is 1. The van der Waals surface area contributed by atoms with Crippen LogP contribution < -0.4 is 11.1 Å². The monoisotopic (exact) mass is 375 g/mol. The number of anilines is 1. The number of hydrogen-bond donors (Lipinski definition) is 3. The standard InChI is InChI=1S/C20H20F3N3O/c1-10-7-11(3-5-14(10)24)16-18(27)17(26-16)13-8-19(13,2)12-4-6-15(25-9-12)20(21,22)23/h3-7,9,13,16,26-27H,8,24H2,1-2H3/t13?,16-,19?/m0/s1. The van der Waals surface area contributed by atoms with Crippen LogP contribution in [0, 0.1) is 12.8 Å². The van der Waals surface area contributed by atoms with E-state index in [9.17, 15) is 18.3 Å². The summed E-state index contributed by atoms with van der Waals surface area (Å²) in [7, 11) is 0. The molecule has 7 heteroatoms. The van der Waals surface area contributed by atoms with Gasteiger partial charge in [0.05, 0.1) is 5.70 Å². The van der Waals surface area contributed by atoms with Gasteiger partial charge in [0.15, 0.2) is 0 Å². The van der Waals surface area contributed by atoms with E-state index >= 15 is 0 Å². The smallest absolute Gasteiger partial charge is 0.433 e. The van der Waals surface area contributed by atoms with Crippen LogP contribution in [0.5, 0.6) is 0 Å². The van der Waals surface area contributed by atoms with Gasteiger partial charge in [-0.2, -0.15) is 13.2 Å². The molecule has 27 heavy (non-hydrogen) atoms. The van der Waals surface area contributed by atoms with Crippen LogP contribution in [0.15, 0.2) is 48.0 Å². The third-order valence-corrected chi connectivity index (χ3v) is 5.78. The second-order valence-electron chi connectivity index (χ2n) is 7.60. The molecule has 0 amide bonds. The van der Waals surface area contributed by atoms with Crippen molar-refractivity contribution < 1.29 is 18.3 Å². The van der Waals surface area contributed by atoms with Crippen LogP contribution in [-0.2, 0) is 11.6 Å². The van der Waals surface area contributed by atoms with Crippen molar-refractivity contribution in [2.24, 2.45) is 5.92 Å². The van der Waals surface area contributed by atoms with E-state index in [1.807, 2.05) is 32.0 Å². The first-order valence-electron chi connectivity index (χ1n) is 8.70. The summed E-state index contributed by atoms with van der Waals surface area (Å²) in [4.78, 5) is 3.56. The summed E-state index contributed by atoms with van der Waals surface area (Å²) in [6.45, 7) is 3.89. The molecule has 2 aromatic rings. The quantitative estimate of drug-likeness (QED) is 0.696. The molecule has 0 radical (unpaired) electrons. The van der Waals surface area contributed by atoms with E-state index in [-0.39, 0.29) is 23.1 Å². The molecule has 1 aliphatic heterocycles. The van der Waals surface area contributed by atoms with E-state index in [1.165, 1.54) is 12.3 Å². The zero-order valence-corrected chi connectivity index (χ0v) is 14.9. The molecule has 0 bridgehead atoms. The summed E-state index contributed by atoms with van der Waals surface area (Å²) in [5.41, 5.74) is 8.70. The van der Waals surface area contributed by atoms with Gasteiger partial charge in [0.1, 0.15) is 17.5 Å². The molecule has 2 unspecified atom stereocenters. The Morgan fingerprint density at radius 3 is 2.56 bits per heavy atom. The number of alkyl halides is 3. The molecular weight excluding hydrogens is 355 g/mol. The summed E-state index contributed by atoms with van der Waals surface area (Å²) in [5.74, 6) is 0.329. The van der Waals surface area contributed by atoms with Crippen molar-refractivity contribution in [3.05, 3.63) is 70.4 Å². The lowest BCUT2D eigenvalue weighted by molar-refractivity contribution is -0.141. The Labute approximate surface area is 154 Å². The van der Waals surface area contributed by atoms with Crippen LogP contribution >= 0.6 is 0 Å². The summed E-state index contributed by atoms with van der Waals surface area (Å²) in [5, 5.41) is 13.8. The van der Waals surface area contributed by atoms with Crippen molar-refractivity contribution in [2.75, 3.05) is 5.73 Å². The van der Waals surface area contributed by atoms with Crippen molar-refractivity contribution >= 4 is 5.69 Å². The Hall–Kier alpha value is -2.70. The first kappa shape index (κ1) is 17.7. The first-order valence-corrected chi connectivity index (χ1v) is 8.70. The molecule has 1 saturated carbocycles. The number of aromatic nitrogens is 1. The minimum Gasteiger partial charge on any atom is -0.508 e. The number of rotatable bonds is 3. The molecule has 2 heterocycles. The highest BCUT2D eigenvalue weighted by atomic mass is 19.4. The van der Waals surface area contributed by atoms with Gasteiger partial charge in [-0.15, -0.1) is 0 Å². The van der Waals surface area contributed by atoms with Crippen molar-refractivity contribution in [2.45, 2.75) is 37.9 Å². The van der Waals surface area contributed by atoms with Crippen LogP contribution in [0.25, 0.3) is 0 Å². The normalized spacial score (nSPS) is 27.1. The minimum absolute atomic E-state index is 0.0437. The van der Waals surface area contributed by atoms with E-state index < -0.39 is 11.9 Å². The SMILES string of the molecule is Cc1cc([C@@H]2NC(C3CC3(C)c3ccc(C(F)(F)F)nc3)=C2O)ccc1N. The number of nitrogen functional groups attached to an aromatic ring is 1. The number of nitrogens with one attached hydrogen (secondary N) is 1. The summed E-state index contributed by atoms with van der Waals surface area (Å²) >= 11 is 0. The second-order valence-corrected chi connectivity index (χ2v) is 7.60. The molecule has 1 aliphatic carbocycles. The molecule has 1 aromatic carbocycles. The number of allylic oxidation sites excluding steroid dienone is 1. The van der Waals surface area contributed by atoms with Crippen LogP contribution in [0.1, 0.15) is 41.8 Å². The molecular formula is C20H20F3N3O. The van der Waals surface area contributed by atoms with Crippen LogP contribution in [-0.4, -0.2) is 10.1 Å². The maximum atomic E-state index is 12.7. The van der Waals surface area contributed by atoms with E-state index in [4.69, 9.17) is 5.73 Å². The molecule has 2 aliphatic rings. The summed E-state index contributed by atoms with van der Waals surface area (Å²) in [6, 6.07) is 7.85. The van der Waals surface area contributed by atoms with Gasteiger partial charge in [-0.1, -0.05) is 25.1 Å². The zero-order chi connectivity index (χ0) is 19.6. The van der Waals surface area contributed by atoms with Gasteiger partial charge < -0.3 is 16.2 Å². The highest BCUT2D eigenvalue weighted by Crippen LogP contribution is 2.59. The summed E-state index contributed by atoms with van der Waals surface area (Å²) < 4.78 is 38.1. The highest BCUT2D eigenvalue weighted by Gasteiger charge is 2.57. The van der Waals surface area contributed by atoms with Crippen molar-refractivity contribution in [3.8, 4) is 0 Å². The number of aliphatic hydroxyl groups is 1. The third-order valence-electron chi connectivity index (χ3n) is 5.78. The Balaban J connectivity index is 1.53. The molecule has 142 valence electrons. The Morgan fingerprint density at radius 1 is 1.26 bits per heavy atom. The largest absolute Gasteiger partial charge is 0.508 e. The highest BCUT2D eigenvalue weighted by molar-refractivity contribution is 5.51. The fourth-order valence-electron chi connectivity index (χ4n) is 3.78. The third kappa shape index (κ3) is 2.81. The number of nitrogens with zero attached hydrogens (tertiary/aromatic N) is 1. The number of nitrogens with two attached hydrogens (primary N) is 1. The van der Waals surface area contributed by atoms with Crippen molar-refractivity contribution in [3.63, 3.8) is 0 Å². The average Bonchev–Trinajstić information content (AvgIpc) is 3.28. The van der Waals surface area contributed by atoms with Gasteiger partial charge in [-0.05, 0) is 42.2 Å². The lowest BCUT2D eigenvalue weighted by Crippen LogP contribution is -2.37. The fourth-order valence-corrected chi connectivity index (χ4v) is 3.78. The number of aryl methyl sites for hydroxylation is 1. The van der Waals surface area contributed by atoms with E-state index in [0.717, 1.165) is 34.9 Å². The van der Waals surface area contributed by atoms with E-state index in [2.05, 4.69) is 10.3 Å². The number of halogens is 3. The maximum Gasteiger partial charge on any atom is 0.433 e. The zero-order valence-electron chi connectivity index (χ0n) is 14.9. The molecule has 0 saturated heterocycles. The lowest BCUT2D eigenvalue weighted by atomic mass is 9.89. The first-order chi connectivity index (χ1) is 12.6. The van der Waals surface area contributed by atoms with Gasteiger partial charge in [0, 0.05) is 23.2 Å². The predicted molar refractivity (Wildman–Crippen MR) is 95.8 cm³/mol. The van der Waals surface area contributed by atoms with Crippen LogP contribution in [0.4, 0.5) is 18.9 Å². The van der Waals surface area contributed by atoms with Gasteiger partial charge in [0.25, 0.3) is 0 Å². The lowest BCUT2D eigenvalue weighted by Gasteiger charge is -2.34. The number of hydrogen-bond acceptors (Lipinski definition) is 4.